The van der Waals surface area contributed by atoms with Crippen LogP contribution in [0.25, 0.3) is 0 Å². The lowest BCUT2D eigenvalue weighted by atomic mass is 10.1. The van der Waals surface area contributed by atoms with E-state index in [1.165, 1.54) is 0 Å². The Morgan fingerprint density at radius 1 is 1.04 bits per heavy atom. The zero-order valence-corrected chi connectivity index (χ0v) is 14.8. The lowest BCUT2D eigenvalue weighted by Crippen LogP contribution is -2.49. The number of nitrogens with one attached hydrogen (secondary N) is 2. The van der Waals surface area contributed by atoms with Crippen molar-refractivity contribution >= 4 is 29.3 Å². The highest BCUT2D eigenvalue weighted by Gasteiger charge is 2.20. The summed E-state index contributed by atoms with van der Waals surface area (Å²) in [5, 5.41) is 6.17. The summed E-state index contributed by atoms with van der Waals surface area (Å²) in [5.41, 5.74) is 2.31. The molecule has 1 aliphatic heterocycles. The molecule has 26 heavy (non-hydrogen) atoms. The van der Waals surface area contributed by atoms with Crippen LogP contribution in [-0.4, -0.2) is 31.3 Å². The van der Waals surface area contributed by atoms with Gasteiger partial charge in [0.15, 0.2) is 0 Å². The average molecular weight is 375 g/mol. The molecule has 0 aromatic heterocycles. The van der Waals surface area contributed by atoms with Gasteiger partial charge in [0, 0.05) is 10.7 Å². The van der Waals surface area contributed by atoms with Crippen LogP contribution >= 0.6 is 11.6 Å². The lowest BCUT2D eigenvalue weighted by Gasteiger charge is -2.26. The number of hydrogen-bond acceptors (Lipinski definition) is 4. The maximum Gasteiger partial charge on any atom is 0.411 e. The predicted molar refractivity (Wildman–Crippen MR) is 98.2 cm³/mol. The summed E-state index contributed by atoms with van der Waals surface area (Å²) in [6.07, 6.45) is -0.256. The Balaban J connectivity index is 1.43. The van der Waals surface area contributed by atoms with Crippen molar-refractivity contribution in [2.45, 2.75) is 19.1 Å². The first kappa shape index (κ1) is 18.2. The molecule has 0 aliphatic carbocycles. The molecular formula is C19H19ClN2O4. The summed E-state index contributed by atoms with van der Waals surface area (Å²) in [6, 6.07) is 14.3. The van der Waals surface area contributed by atoms with Gasteiger partial charge in [0.1, 0.15) is 6.61 Å². The van der Waals surface area contributed by atoms with Crippen LogP contribution in [0, 0.1) is 0 Å². The molecule has 0 atom stereocenters. The van der Waals surface area contributed by atoms with E-state index in [1.807, 2.05) is 0 Å². The minimum Gasteiger partial charge on any atom is -0.444 e. The Kier molecular flexibility index (Phi) is 6.09. The summed E-state index contributed by atoms with van der Waals surface area (Å²) >= 11 is 5.81. The first-order chi connectivity index (χ1) is 12.6. The van der Waals surface area contributed by atoms with E-state index in [0.29, 0.717) is 23.9 Å². The van der Waals surface area contributed by atoms with Crippen molar-refractivity contribution in [3.63, 3.8) is 0 Å². The molecule has 2 aromatic carbocycles. The van der Waals surface area contributed by atoms with Gasteiger partial charge >= 0.3 is 6.09 Å². The molecule has 2 N–H and O–H groups in total. The number of carbonyl (C=O) groups is 2. The van der Waals surface area contributed by atoms with Gasteiger partial charge < -0.3 is 14.8 Å². The molecule has 0 saturated carbocycles. The molecule has 0 radical (unpaired) electrons. The molecule has 136 valence electrons. The quantitative estimate of drug-likeness (QED) is 0.814. The Hall–Kier alpha value is -2.57. The molecule has 6 nitrogen and oxygen atoms in total. The Morgan fingerprint density at radius 3 is 2.31 bits per heavy atom. The highest BCUT2D eigenvalue weighted by Crippen LogP contribution is 2.13. The number of benzene rings is 2. The second-order valence-corrected chi connectivity index (χ2v) is 6.44. The predicted octanol–water partition coefficient (Wildman–Crippen LogP) is 3.15. The summed E-state index contributed by atoms with van der Waals surface area (Å²) in [4.78, 5) is 23.7. The van der Waals surface area contributed by atoms with Gasteiger partial charge in [0.25, 0.3) is 0 Å². The minimum absolute atomic E-state index is 0.0404. The van der Waals surface area contributed by atoms with Gasteiger partial charge in [0.2, 0.25) is 5.91 Å². The van der Waals surface area contributed by atoms with Gasteiger partial charge in [-0.3, -0.25) is 10.1 Å². The van der Waals surface area contributed by atoms with Crippen LogP contribution in [-0.2, 0) is 27.3 Å². The van der Waals surface area contributed by atoms with Crippen molar-refractivity contribution in [3.8, 4) is 0 Å². The normalized spacial score (nSPS) is 13.6. The second kappa shape index (κ2) is 8.69. The topological polar surface area (TPSA) is 76.7 Å². The number of halogens is 1. The zero-order chi connectivity index (χ0) is 18.4. The monoisotopic (exact) mass is 374 g/mol. The van der Waals surface area contributed by atoms with Crippen LogP contribution in [0.4, 0.5) is 10.5 Å². The van der Waals surface area contributed by atoms with E-state index in [4.69, 9.17) is 21.1 Å². The van der Waals surface area contributed by atoms with Crippen LogP contribution in [0.15, 0.2) is 48.5 Å². The largest absolute Gasteiger partial charge is 0.444 e. The summed E-state index contributed by atoms with van der Waals surface area (Å²) in [6.45, 7) is 1.31. The number of ether oxygens (including phenoxy) is 2. The third kappa shape index (κ3) is 5.47. The van der Waals surface area contributed by atoms with E-state index in [-0.39, 0.29) is 25.0 Å². The van der Waals surface area contributed by atoms with E-state index in [2.05, 4.69) is 10.6 Å². The molecule has 1 saturated heterocycles. The summed E-state index contributed by atoms with van der Waals surface area (Å²) in [5.74, 6) is -0.0404. The van der Waals surface area contributed by atoms with Crippen LogP contribution in [0.2, 0.25) is 5.02 Å². The first-order valence-corrected chi connectivity index (χ1v) is 8.60. The van der Waals surface area contributed by atoms with Crippen molar-refractivity contribution in [1.29, 1.82) is 0 Å². The number of amides is 2. The fourth-order valence-corrected chi connectivity index (χ4v) is 2.50. The van der Waals surface area contributed by atoms with E-state index in [9.17, 15) is 9.59 Å². The minimum atomic E-state index is -0.546. The second-order valence-electron chi connectivity index (χ2n) is 6.00. The maximum atomic E-state index is 11.9. The maximum absolute atomic E-state index is 11.9. The number of anilines is 1. The zero-order valence-electron chi connectivity index (χ0n) is 14.0. The van der Waals surface area contributed by atoms with Gasteiger partial charge in [-0.05, 0) is 35.4 Å². The standard InChI is InChI=1S/C19H19ClN2O4/c20-15-5-1-14(2-6-15)10-26-19(24)22-16-7-3-13(4-8-16)9-18(23)21-17-11-25-12-17/h1-8,17H,9-12H2,(H,21,23)(H,22,24). The van der Waals surface area contributed by atoms with Gasteiger partial charge in [-0.1, -0.05) is 35.9 Å². The molecule has 0 unspecified atom stereocenters. The van der Waals surface area contributed by atoms with Gasteiger partial charge in [-0.25, -0.2) is 4.79 Å². The number of rotatable bonds is 6. The van der Waals surface area contributed by atoms with Crippen molar-refractivity contribution in [1.82, 2.24) is 5.32 Å². The van der Waals surface area contributed by atoms with Crippen molar-refractivity contribution in [2.75, 3.05) is 18.5 Å². The number of hydrogen-bond donors (Lipinski definition) is 2. The van der Waals surface area contributed by atoms with Crippen LogP contribution in [0.1, 0.15) is 11.1 Å². The van der Waals surface area contributed by atoms with Crippen LogP contribution in [0.5, 0.6) is 0 Å². The SMILES string of the molecule is O=C(Cc1ccc(NC(=O)OCc2ccc(Cl)cc2)cc1)NC1COC1. The van der Waals surface area contributed by atoms with Crippen molar-refractivity contribution in [2.24, 2.45) is 0 Å². The lowest BCUT2D eigenvalue weighted by molar-refractivity contribution is -0.124. The first-order valence-electron chi connectivity index (χ1n) is 8.23. The fourth-order valence-electron chi connectivity index (χ4n) is 2.37. The van der Waals surface area contributed by atoms with E-state index in [1.54, 1.807) is 48.5 Å². The van der Waals surface area contributed by atoms with Crippen LogP contribution in [0.3, 0.4) is 0 Å². The van der Waals surface area contributed by atoms with Crippen LogP contribution < -0.4 is 10.6 Å². The molecule has 3 rings (SSSR count). The van der Waals surface area contributed by atoms with E-state index < -0.39 is 6.09 Å². The third-order valence-corrected chi connectivity index (χ3v) is 4.10. The molecule has 0 bridgehead atoms. The fraction of sp³-hybridized carbons (Fsp3) is 0.263. The molecule has 1 heterocycles. The molecule has 1 aliphatic rings. The van der Waals surface area contributed by atoms with E-state index >= 15 is 0 Å². The van der Waals surface area contributed by atoms with E-state index in [0.717, 1.165) is 11.1 Å². The molecule has 0 spiro atoms. The Bertz CT molecular complexity index is 758. The van der Waals surface area contributed by atoms with Gasteiger partial charge in [-0.2, -0.15) is 0 Å². The average Bonchev–Trinajstić information content (AvgIpc) is 2.59. The summed E-state index contributed by atoms with van der Waals surface area (Å²) in [7, 11) is 0. The van der Waals surface area contributed by atoms with Gasteiger partial charge in [-0.15, -0.1) is 0 Å². The molecule has 2 amide bonds. The highest BCUT2D eigenvalue weighted by molar-refractivity contribution is 6.30. The molecule has 1 fully saturated rings. The van der Waals surface area contributed by atoms with Crippen molar-refractivity contribution in [3.05, 3.63) is 64.7 Å². The Morgan fingerprint density at radius 2 is 1.69 bits per heavy atom. The molecule has 7 heteroatoms. The van der Waals surface area contributed by atoms with Crippen molar-refractivity contribution < 1.29 is 19.1 Å². The molecular weight excluding hydrogens is 356 g/mol. The number of carbonyl (C=O) groups excluding carboxylic acids is 2. The highest BCUT2D eigenvalue weighted by atomic mass is 35.5. The van der Waals surface area contributed by atoms with Gasteiger partial charge in [0.05, 0.1) is 25.7 Å². The third-order valence-electron chi connectivity index (χ3n) is 3.85. The smallest absolute Gasteiger partial charge is 0.411 e. The summed E-state index contributed by atoms with van der Waals surface area (Å²) < 4.78 is 10.2. The molecule has 2 aromatic rings. The Labute approximate surface area is 156 Å².